The van der Waals surface area contributed by atoms with Gasteiger partial charge in [0.05, 0.1) is 0 Å². The minimum atomic E-state index is 0.356. The molecule has 0 radical (unpaired) electrons. The molecule has 3 heteroatoms. The van der Waals surface area contributed by atoms with Crippen molar-refractivity contribution in [3.8, 4) is 11.5 Å². The van der Waals surface area contributed by atoms with Crippen LogP contribution in [-0.4, -0.2) is 13.3 Å². The lowest BCUT2D eigenvalue weighted by atomic mass is 9.83. The first kappa shape index (κ1) is 10.9. The molecule has 0 spiro atoms. The molecule has 1 N–H and O–H groups in total. The van der Waals surface area contributed by atoms with Crippen molar-refractivity contribution in [3.63, 3.8) is 0 Å². The van der Waals surface area contributed by atoms with Gasteiger partial charge in [0, 0.05) is 12.1 Å². The molecule has 17 heavy (non-hydrogen) atoms. The van der Waals surface area contributed by atoms with Crippen LogP contribution in [0.2, 0.25) is 0 Å². The molecule has 1 aliphatic heterocycles. The van der Waals surface area contributed by atoms with Gasteiger partial charge in [-0.25, -0.2) is 0 Å². The summed E-state index contributed by atoms with van der Waals surface area (Å²) in [6, 6.07) is 6.08. The Labute approximate surface area is 102 Å². The van der Waals surface area contributed by atoms with E-state index in [1.807, 2.05) is 12.1 Å². The summed E-state index contributed by atoms with van der Waals surface area (Å²) in [5.74, 6) is 2.77. The summed E-state index contributed by atoms with van der Waals surface area (Å²) in [5.41, 5.74) is 1.20. The highest BCUT2D eigenvalue weighted by Gasteiger charge is 2.18. The molecule has 0 saturated heterocycles. The third kappa shape index (κ3) is 2.39. The molecule has 1 aliphatic carbocycles. The van der Waals surface area contributed by atoms with Crippen molar-refractivity contribution in [1.82, 2.24) is 5.32 Å². The van der Waals surface area contributed by atoms with Crippen LogP contribution in [0, 0.1) is 5.92 Å². The predicted octanol–water partition coefficient (Wildman–Crippen LogP) is 2.70. The van der Waals surface area contributed by atoms with Gasteiger partial charge in [-0.05, 0) is 24.9 Å². The number of para-hydroxylation sites is 1. The third-order valence-corrected chi connectivity index (χ3v) is 3.75. The van der Waals surface area contributed by atoms with Crippen LogP contribution in [-0.2, 0) is 6.54 Å². The number of ether oxygens (including phenoxy) is 2. The molecule has 0 unspecified atom stereocenters. The number of hydrogen-bond acceptors (Lipinski definition) is 3. The molecule has 0 atom stereocenters. The van der Waals surface area contributed by atoms with Gasteiger partial charge in [-0.15, -0.1) is 0 Å². The van der Waals surface area contributed by atoms with Crippen LogP contribution in [0.5, 0.6) is 11.5 Å². The zero-order chi connectivity index (χ0) is 11.5. The SMILES string of the molecule is c1cc(CNCCC2CCC2)c2c(c1)OCO2. The number of hydrogen-bond donors (Lipinski definition) is 1. The molecule has 3 rings (SSSR count). The molecule has 0 bridgehead atoms. The average Bonchev–Trinajstić information content (AvgIpc) is 2.75. The summed E-state index contributed by atoms with van der Waals surface area (Å²) in [6.07, 6.45) is 5.60. The van der Waals surface area contributed by atoms with Gasteiger partial charge in [0.1, 0.15) is 0 Å². The monoisotopic (exact) mass is 233 g/mol. The van der Waals surface area contributed by atoms with Crippen molar-refractivity contribution < 1.29 is 9.47 Å². The molecular weight excluding hydrogens is 214 g/mol. The van der Waals surface area contributed by atoms with E-state index in [-0.39, 0.29) is 0 Å². The fourth-order valence-electron chi connectivity index (χ4n) is 2.44. The lowest BCUT2D eigenvalue weighted by Crippen LogP contribution is -2.21. The van der Waals surface area contributed by atoms with Crippen molar-refractivity contribution in [3.05, 3.63) is 23.8 Å². The van der Waals surface area contributed by atoms with E-state index in [0.29, 0.717) is 6.79 Å². The van der Waals surface area contributed by atoms with E-state index >= 15 is 0 Å². The summed E-state index contributed by atoms with van der Waals surface area (Å²) in [4.78, 5) is 0. The van der Waals surface area contributed by atoms with Gasteiger partial charge in [-0.2, -0.15) is 0 Å². The molecular formula is C14H19NO2. The maximum atomic E-state index is 5.48. The summed E-state index contributed by atoms with van der Waals surface area (Å²) in [5, 5.41) is 3.49. The second kappa shape index (κ2) is 4.96. The molecule has 0 amide bonds. The van der Waals surface area contributed by atoms with Gasteiger partial charge < -0.3 is 14.8 Å². The maximum absolute atomic E-state index is 5.48. The normalized spacial score (nSPS) is 18.1. The number of rotatable bonds is 5. The van der Waals surface area contributed by atoms with Gasteiger partial charge in [-0.1, -0.05) is 31.4 Å². The zero-order valence-electron chi connectivity index (χ0n) is 10.1. The number of fused-ring (bicyclic) bond motifs is 1. The van der Waals surface area contributed by atoms with Gasteiger partial charge in [-0.3, -0.25) is 0 Å². The first-order chi connectivity index (χ1) is 8.43. The van der Waals surface area contributed by atoms with E-state index in [1.54, 1.807) is 0 Å². The van der Waals surface area contributed by atoms with E-state index in [1.165, 1.54) is 31.2 Å². The topological polar surface area (TPSA) is 30.5 Å². The molecule has 1 heterocycles. The largest absolute Gasteiger partial charge is 0.454 e. The van der Waals surface area contributed by atoms with E-state index in [0.717, 1.165) is 30.5 Å². The zero-order valence-corrected chi connectivity index (χ0v) is 10.1. The van der Waals surface area contributed by atoms with Crippen molar-refractivity contribution in [2.24, 2.45) is 5.92 Å². The van der Waals surface area contributed by atoms with E-state index in [2.05, 4.69) is 11.4 Å². The average molecular weight is 233 g/mol. The second-order valence-corrected chi connectivity index (χ2v) is 4.91. The summed E-state index contributed by atoms with van der Waals surface area (Å²) >= 11 is 0. The Hall–Kier alpha value is -1.22. The predicted molar refractivity (Wildman–Crippen MR) is 66.2 cm³/mol. The van der Waals surface area contributed by atoms with E-state index in [4.69, 9.17) is 9.47 Å². The van der Waals surface area contributed by atoms with Crippen LogP contribution in [0.25, 0.3) is 0 Å². The molecule has 1 fully saturated rings. The van der Waals surface area contributed by atoms with Crippen LogP contribution in [0.15, 0.2) is 18.2 Å². The Balaban J connectivity index is 1.49. The Morgan fingerprint density at radius 1 is 1.24 bits per heavy atom. The van der Waals surface area contributed by atoms with Gasteiger partial charge >= 0.3 is 0 Å². The van der Waals surface area contributed by atoms with Crippen LogP contribution in [0.3, 0.4) is 0 Å². The van der Waals surface area contributed by atoms with Crippen molar-refractivity contribution >= 4 is 0 Å². The number of benzene rings is 1. The van der Waals surface area contributed by atoms with Crippen molar-refractivity contribution in [2.45, 2.75) is 32.2 Å². The van der Waals surface area contributed by atoms with Crippen LogP contribution < -0.4 is 14.8 Å². The highest BCUT2D eigenvalue weighted by atomic mass is 16.7. The maximum Gasteiger partial charge on any atom is 0.231 e. The molecule has 2 aliphatic rings. The Morgan fingerprint density at radius 3 is 3.00 bits per heavy atom. The first-order valence-corrected chi connectivity index (χ1v) is 6.52. The first-order valence-electron chi connectivity index (χ1n) is 6.52. The number of nitrogens with one attached hydrogen (secondary N) is 1. The molecule has 1 aromatic carbocycles. The fourth-order valence-corrected chi connectivity index (χ4v) is 2.44. The molecule has 3 nitrogen and oxygen atoms in total. The molecule has 1 aromatic rings. The quantitative estimate of drug-likeness (QED) is 0.793. The Bertz CT molecular complexity index is 388. The summed E-state index contributed by atoms with van der Waals surface area (Å²) in [6.45, 7) is 2.34. The summed E-state index contributed by atoms with van der Waals surface area (Å²) < 4.78 is 10.8. The Kier molecular flexibility index (Phi) is 3.18. The van der Waals surface area contributed by atoms with Crippen LogP contribution in [0.1, 0.15) is 31.2 Å². The fraction of sp³-hybridized carbons (Fsp3) is 0.571. The highest BCUT2D eigenvalue weighted by molar-refractivity contribution is 5.48. The second-order valence-electron chi connectivity index (χ2n) is 4.91. The van der Waals surface area contributed by atoms with E-state index < -0.39 is 0 Å². The minimum Gasteiger partial charge on any atom is -0.454 e. The molecule has 0 aromatic heterocycles. The Morgan fingerprint density at radius 2 is 2.18 bits per heavy atom. The van der Waals surface area contributed by atoms with Crippen molar-refractivity contribution in [1.29, 1.82) is 0 Å². The van der Waals surface area contributed by atoms with Gasteiger partial charge in [0.25, 0.3) is 0 Å². The summed E-state index contributed by atoms with van der Waals surface area (Å²) in [7, 11) is 0. The molecule has 1 saturated carbocycles. The molecule has 92 valence electrons. The van der Waals surface area contributed by atoms with E-state index in [9.17, 15) is 0 Å². The van der Waals surface area contributed by atoms with Gasteiger partial charge in [0.15, 0.2) is 11.5 Å². The minimum absolute atomic E-state index is 0.356. The smallest absolute Gasteiger partial charge is 0.231 e. The van der Waals surface area contributed by atoms with Crippen LogP contribution >= 0.6 is 0 Å². The van der Waals surface area contributed by atoms with Gasteiger partial charge in [0.2, 0.25) is 6.79 Å². The van der Waals surface area contributed by atoms with Crippen LogP contribution in [0.4, 0.5) is 0 Å². The lowest BCUT2D eigenvalue weighted by molar-refractivity contribution is 0.173. The highest BCUT2D eigenvalue weighted by Crippen LogP contribution is 2.35. The lowest BCUT2D eigenvalue weighted by Gasteiger charge is -2.25. The third-order valence-electron chi connectivity index (χ3n) is 3.75. The standard InChI is InChI=1S/C14H19NO2/c1-3-11(4-1)7-8-15-9-12-5-2-6-13-14(12)17-10-16-13/h2,5-6,11,15H,1,3-4,7-10H2. The van der Waals surface area contributed by atoms with Crippen molar-refractivity contribution in [2.75, 3.05) is 13.3 Å².